The lowest BCUT2D eigenvalue weighted by atomic mass is 10.0. The summed E-state index contributed by atoms with van der Waals surface area (Å²) in [6.07, 6.45) is 6.74. The Bertz CT molecular complexity index is 523. The fourth-order valence-corrected chi connectivity index (χ4v) is 2.29. The molecule has 1 heterocycles. The van der Waals surface area contributed by atoms with E-state index in [0.29, 0.717) is 0 Å². The Balaban J connectivity index is 1.83. The Labute approximate surface area is 120 Å². The largest absolute Gasteiger partial charge is 0.496 e. The number of aryl methyl sites for hydroxylation is 2. The van der Waals surface area contributed by atoms with Crippen LogP contribution in [0.1, 0.15) is 30.5 Å². The summed E-state index contributed by atoms with van der Waals surface area (Å²) in [5, 5.41) is 3.54. The molecule has 0 amide bonds. The maximum atomic E-state index is 5.46. The van der Waals surface area contributed by atoms with Crippen LogP contribution in [0.3, 0.4) is 0 Å². The lowest BCUT2D eigenvalue weighted by molar-refractivity contribution is 0.400. The summed E-state index contributed by atoms with van der Waals surface area (Å²) < 4.78 is 7.56. The average Bonchev–Trinajstić information content (AvgIpc) is 2.96. The van der Waals surface area contributed by atoms with Crippen molar-refractivity contribution in [2.24, 2.45) is 0 Å². The number of nitrogens with zero attached hydrogens (tertiary/aromatic N) is 2. The molecule has 4 heteroatoms. The Hall–Kier alpha value is -1.81. The van der Waals surface area contributed by atoms with Crippen LogP contribution in [0.15, 0.2) is 36.9 Å². The molecular formula is C16H23N3O. The lowest BCUT2D eigenvalue weighted by Crippen LogP contribution is -2.21. The minimum atomic E-state index is 0.285. The highest BCUT2D eigenvalue weighted by molar-refractivity contribution is 5.38. The van der Waals surface area contributed by atoms with E-state index in [4.69, 9.17) is 4.74 Å². The van der Waals surface area contributed by atoms with Gasteiger partial charge >= 0.3 is 0 Å². The predicted octanol–water partition coefficient (Wildman–Crippen LogP) is 2.94. The van der Waals surface area contributed by atoms with Crippen molar-refractivity contribution in [2.75, 3.05) is 13.7 Å². The summed E-state index contributed by atoms with van der Waals surface area (Å²) in [4.78, 5) is 4.04. The van der Waals surface area contributed by atoms with Gasteiger partial charge in [-0.05, 0) is 38.4 Å². The number of benzene rings is 1. The first-order valence-corrected chi connectivity index (χ1v) is 7.04. The number of hydrogen-bond acceptors (Lipinski definition) is 3. The monoisotopic (exact) mass is 273 g/mol. The Morgan fingerprint density at radius 2 is 2.25 bits per heavy atom. The van der Waals surface area contributed by atoms with E-state index >= 15 is 0 Å². The second kappa shape index (κ2) is 7.10. The van der Waals surface area contributed by atoms with Gasteiger partial charge in [-0.1, -0.05) is 12.1 Å². The molecular weight excluding hydrogens is 250 g/mol. The zero-order valence-electron chi connectivity index (χ0n) is 12.5. The van der Waals surface area contributed by atoms with Gasteiger partial charge in [-0.25, -0.2) is 4.98 Å². The SMILES string of the molecule is COc1cc(C)ccc1C(C)NCCCn1ccnc1. The van der Waals surface area contributed by atoms with Crippen LogP contribution in [0.2, 0.25) is 0 Å². The maximum absolute atomic E-state index is 5.46. The van der Waals surface area contributed by atoms with Crippen molar-refractivity contribution < 1.29 is 4.74 Å². The number of hydrogen-bond donors (Lipinski definition) is 1. The molecule has 2 aromatic rings. The van der Waals surface area contributed by atoms with Crippen LogP contribution >= 0.6 is 0 Å². The molecule has 1 aromatic carbocycles. The topological polar surface area (TPSA) is 39.1 Å². The molecule has 0 aliphatic rings. The molecule has 0 saturated carbocycles. The predicted molar refractivity (Wildman–Crippen MR) is 81.0 cm³/mol. The smallest absolute Gasteiger partial charge is 0.123 e. The van der Waals surface area contributed by atoms with Gasteiger partial charge in [-0.3, -0.25) is 0 Å². The van der Waals surface area contributed by atoms with Crippen molar-refractivity contribution in [3.8, 4) is 5.75 Å². The molecule has 0 aliphatic carbocycles. The summed E-state index contributed by atoms with van der Waals surface area (Å²) in [6, 6.07) is 6.63. The van der Waals surface area contributed by atoms with E-state index in [1.54, 1.807) is 7.11 Å². The summed E-state index contributed by atoms with van der Waals surface area (Å²) in [5.41, 5.74) is 2.43. The van der Waals surface area contributed by atoms with Crippen LogP contribution < -0.4 is 10.1 Å². The molecule has 0 aliphatic heterocycles. The maximum Gasteiger partial charge on any atom is 0.123 e. The minimum Gasteiger partial charge on any atom is -0.496 e. The number of imidazole rings is 1. The van der Waals surface area contributed by atoms with E-state index in [1.165, 1.54) is 11.1 Å². The number of aromatic nitrogens is 2. The van der Waals surface area contributed by atoms with E-state index < -0.39 is 0 Å². The zero-order chi connectivity index (χ0) is 14.4. The van der Waals surface area contributed by atoms with Gasteiger partial charge in [0.2, 0.25) is 0 Å². The van der Waals surface area contributed by atoms with Gasteiger partial charge < -0.3 is 14.6 Å². The normalized spacial score (nSPS) is 12.3. The standard InChI is InChI=1S/C16H23N3O/c1-13-5-6-15(16(11-13)20-3)14(2)18-7-4-9-19-10-8-17-12-19/h5-6,8,10-12,14,18H,4,7,9H2,1-3H3. The van der Waals surface area contributed by atoms with Gasteiger partial charge in [0.25, 0.3) is 0 Å². The molecule has 0 fully saturated rings. The van der Waals surface area contributed by atoms with E-state index in [0.717, 1.165) is 25.3 Å². The summed E-state index contributed by atoms with van der Waals surface area (Å²) >= 11 is 0. The summed E-state index contributed by atoms with van der Waals surface area (Å²) in [6.45, 7) is 6.21. The van der Waals surface area contributed by atoms with Gasteiger partial charge in [0, 0.05) is 30.5 Å². The van der Waals surface area contributed by atoms with E-state index in [9.17, 15) is 0 Å². The molecule has 0 bridgehead atoms. The Kier molecular flexibility index (Phi) is 5.18. The third-order valence-electron chi connectivity index (χ3n) is 3.46. The summed E-state index contributed by atoms with van der Waals surface area (Å²) in [7, 11) is 1.73. The van der Waals surface area contributed by atoms with Crippen LogP contribution in [-0.2, 0) is 6.54 Å². The molecule has 1 atom stereocenters. The highest BCUT2D eigenvalue weighted by atomic mass is 16.5. The average molecular weight is 273 g/mol. The van der Waals surface area contributed by atoms with Gasteiger partial charge in [0.05, 0.1) is 13.4 Å². The van der Waals surface area contributed by atoms with E-state index in [-0.39, 0.29) is 6.04 Å². The van der Waals surface area contributed by atoms with Crippen LogP contribution in [0, 0.1) is 6.92 Å². The van der Waals surface area contributed by atoms with Crippen molar-refractivity contribution in [1.82, 2.24) is 14.9 Å². The van der Waals surface area contributed by atoms with Crippen molar-refractivity contribution >= 4 is 0 Å². The van der Waals surface area contributed by atoms with E-state index in [2.05, 4.69) is 46.9 Å². The number of nitrogens with one attached hydrogen (secondary N) is 1. The molecule has 4 nitrogen and oxygen atoms in total. The first-order valence-electron chi connectivity index (χ1n) is 7.04. The minimum absolute atomic E-state index is 0.285. The van der Waals surface area contributed by atoms with Crippen molar-refractivity contribution in [1.29, 1.82) is 0 Å². The van der Waals surface area contributed by atoms with Crippen LogP contribution in [0.4, 0.5) is 0 Å². The molecule has 1 aromatic heterocycles. The van der Waals surface area contributed by atoms with Crippen LogP contribution in [-0.4, -0.2) is 23.2 Å². The number of rotatable bonds is 7. The van der Waals surface area contributed by atoms with Crippen molar-refractivity contribution in [2.45, 2.75) is 32.9 Å². The van der Waals surface area contributed by atoms with Gasteiger partial charge in [0.1, 0.15) is 5.75 Å². The molecule has 2 rings (SSSR count). The Morgan fingerprint density at radius 3 is 2.95 bits per heavy atom. The second-order valence-electron chi connectivity index (χ2n) is 5.08. The molecule has 0 saturated heterocycles. The number of ether oxygens (including phenoxy) is 1. The highest BCUT2D eigenvalue weighted by Gasteiger charge is 2.10. The molecule has 1 N–H and O–H groups in total. The molecule has 20 heavy (non-hydrogen) atoms. The third kappa shape index (κ3) is 3.84. The van der Waals surface area contributed by atoms with Crippen molar-refractivity contribution in [3.63, 3.8) is 0 Å². The molecule has 0 radical (unpaired) electrons. The van der Waals surface area contributed by atoms with Crippen LogP contribution in [0.5, 0.6) is 5.75 Å². The second-order valence-corrected chi connectivity index (χ2v) is 5.08. The first kappa shape index (κ1) is 14.6. The molecule has 0 spiro atoms. The number of methoxy groups -OCH3 is 1. The summed E-state index contributed by atoms with van der Waals surface area (Å²) in [5.74, 6) is 0.958. The lowest BCUT2D eigenvalue weighted by Gasteiger charge is -2.18. The third-order valence-corrected chi connectivity index (χ3v) is 3.46. The quantitative estimate of drug-likeness (QED) is 0.788. The fourth-order valence-electron chi connectivity index (χ4n) is 2.29. The van der Waals surface area contributed by atoms with Gasteiger partial charge in [-0.2, -0.15) is 0 Å². The van der Waals surface area contributed by atoms with E-state index in [1.807, 2.05) is 18.7 Å². The van der Waals surface area contributed by atoms with Crippen molar-refractivity contribution in [3.05, 3.63) is 48.0 Å². The zero-order valence-corrected chi connectivity index (χ0v) is 12.5. The fraction of sp³-hybridized carbons (Fsp3) is 0.438. The van der Waals surface area contributed by atoms with Gasteiger partial charge in [0.15, 0.2) is 0 Å². The molecule has 108 valence electrons. The highest BCUT2D eigenvalue weighted by Crippen LogP contribution is 2.25. The molecule has 1 unspecified atom stereocenters. The van der Waals surface area contributed by atoms with Crippen LogP contribution in [0.25, 0.3) is 0 Å². The first-order chi connectivity index (χ1) is 9.70. The Morgan fingerprint density at radius 1 is 1.40 bits per heavy atom. The van der Waals surface area contributed by atoms with Gasteiger partial charge in [-0.15, -0.1) is 0 Å².